The summed E-state index contributed by atoms with van der Waals surface area (Å²) in [4.78, 5) is 17.1. The minimum Gasteiger partial charge on any atom is -0.373 e. The number of anilines is 1. The molecule has 0 saturated carbocycles. The van der Waals surface area contributed by atoms with Crippen molar-refractivity contribution in [1.82, 2.24) is 13.9 Å². The number of carbonyl (C=O) groups excluding carboxylic acids is 1. The second-order valence-electron chi connectivity index (χ2n) is 7.04. The molecular weight excluding hydrogens is 431 g/mol. The van der Waals surface area contributed by atoms with Gasteiger partial charge in [-0.3, -0.25) is 4.79 Å². The van der Waals surface area contributed by atoms with E-state index in [2.05, 4.69) is 10.3 Å². The minimum absolute atomic E-state index is 0.0956. The van der Waals surface area contributed by atoms with E-state index in [-0.39, 0.29) is 11.6 Å². The van der Waals surface area contributed by atoms with Crippen LogP contribution in [0.3, 0.4) is 0 Å². The van der Waals surface area contributed by atoms with Gasteiger partial charge in [-0.1, -0.05) is 29.8 Å². The van der Waals surface area contributed by atoms with E-state index in [0.29, 0.717) is 16.3 Å². The van der Waals surface area contributed by atoms with Crippen LogP contribution in [0.15, 0.2) is 66.1 Å². The normalized spacial score (nSPS) is 19.3. The number of nitrogens with zero attached hydrogens (tertiary/aromatic N) is 3. The van der Waals surface area contributed by atoms with Crippen LogP contribution in [0.25, 0.3) is 0 Å². The maximum Gasteiger partial charge on any atom is 0.285 e. The van der Waals surface area contributed by atoms with Gasteiger partial charge in [0.25, 0.3) is 15.9 Å². The maximum atomic E-state index is 13.4. The number of sulfonamides is 1. The molecule has 1 saturated heterocycles. The van der Waals surface area contributed by atoms with Crippen molar-refractivity contribution in [3.63, 3.8) is 0 Å². The molecule has 1 aromatic heterocycles. The number of aromatic nitrogens is 2. The molecule has 2 heterocycles. The zero-order valence-electron chi connectivity index (χ0n) is 15.9. The van der Waals surface area contributed by atoms with E-state index in [9.17, 15) is 17.6 Å². The molecule has 1 aliphatic heterocycles. The van der Waals surface area contributed by atoms with Crippen molar-refractivity contribution in [2.24, 2.45) is 7.05 Å². The van der Waals surface area contributed by atoms with E-state index in [4.69, 9.17) is 11.6 Å². The molecule has 2 atom stereocenters. The van der Waals surface area contributed by atoms with Crippen LogP contribution in [0.2, 0.25) is 5.02 Å². The van der Waals surface area contributed by atoms with Crippen LogP contribution in [-0.2, 0) is 21.9 Å². The minimum atomic E-state index is -4.14. The number of halogens is 2. The van der Waals surface area contributed by atoms with E-state index in [1.54, 1.807) is 43.4 Å². The summed E-state index contributed by atoms with van der Waals surface area (Å²) in [7, 11) is -2.50. The van der Waals surface area contributed by atoms with Crippen molar-refractivity contribution >= 4 is 33.2 Å². The molecule has 156 valence electrons. The summed E-state index contributed by atoms with van der Waals surface area (Å²) >= 11 is 6.04. The van der Waals surface area contributed by atoms with E-state index >= 15 is 0 Å². The molecule has 3 aromatic rings. The number of imidazole rings is 1. The largest absolute Gasteiger partial charge is 0.373 e. The van der Waals surface area contributed by atoms with Crippen molar-refractivity contribution in [3.05, 3.63) is 77.5 Å². The summed E-state index contributed by atoms with van der Waals surface area (Å²) in [5.41, 5.74) is 1.22. The van der Waals surface area contributed by atoms with Gasteiger partial charge in [0.15, 0.2) is 5.03 Å². The Labute approximate surface area is 178 Å². The molecule has 4 rings (SSSR count). The van der Waals surface area contributed by atoms with Gasteiger partial charge in [0.1, 0.15) is 11.9 Å². The number of aryl methyl sites for hydroxylation is 1. The number of amides is 1. The molecule has 7 nitrogen and oxygen atoms in total. The lowest BCUT2D eigenvalue weighted by atomic mass is 9.94. The second-order valence-corrected chi connectivity index (χ2v) is 9.29. The van der Waals surface area contributed by atoms with Crippen LogP contribution >= 0.6 is 11.6 Å². The number of benzene rings is 2. The lowest BCUT2D eigenvalue weighted by molar-refractivity contribution is -0.124. The van der Waals surface area contributed by atoms with Gasteiger partial charge in [-0.25, -0.2) is 13.7 Å². The second kappa shape index (κ2) is 7.73. The summed E-state index contributed by atoms with van der Waals surface area (Å²) < 4.78 is 41.9. The molecule has 1 fully saturated rings. The molecule has 1 amide bonds. The molecule has 0 spiro atoms. The Morgan fingerprint density at radius 1 is 1.20 bits per heavy atom. The van der Waals surface area contributed by atoms with E-state index in [1.165, 1.54) is 29.2 Å². The highest BCUT2D eigenvalue weighted by Gasteiger charge is 2.47. The van der Waals surface area contributed by atoms with Crippen LogP contribution in [0, 0.1) is 5.82 Å². The molecule has 0 bridgehead atoms. The van der Waals surface area contributed by atoms with Crippen molar-refractivity contribution in [3.8, 4) is 0 Å². The Hall–Kier alpha value is -2.91. The van der Waals surface area contributed by atoms with Gasteiger partial charge in [-0.2, -0.15) is 8.42 Å². The standard InChI is InChI=1S/C20H18ClFN4O3S/c1-25-11-18(23-12-25)30(28,29)26-10-17(13-5-7-15(22)8-6-13)19(20(26)27)24-16-4-2-3-14(21)9-16/h2-9,11-12,17,19,24H,10H2,1H3. The highest BCUT2D eigenvalue weighted by atomic mass is 35.5. The number of hydrogen-bond donors (Lipinski definition) is 1. The smallest absolute Gasteiger partial charge is 0.285 e. The zero-order chi connectivity index (χ0) is 21.5. The number of hydrogen-bond acceptors (Lipinski definition) is 5. The van der Waals surface area contributed by atoms with E-state index in [0.717, 1.165) is 4.31 Å². The van der Waals surface area contributed by atoms with Gasteiger partial charge < -0.3 is 9.88 Å². The Balaban J connectivity index is 1.73. The highest BCUT2D eigenvalue weighted by Crippen LogP contribution is 2.34. The number of carbonyl (C=O) groups is 1. The molecule has 2 aromatic carbocycles. The SMILES string of the molecule is Cn1cnc(S(=O)(=O)N2CC(c3ccc(F)cc3)C(Nc3cccc(Cl)c3)C2=O)c1. The quantitative estimate of drug-likeness (QED) is 0.648. The average Bonchev–Trinajstić information content (AvgIpc) is 3.28. The molecule has 10 heteroatoms. The maximum absolute atomic E-state index is 13.4. The predicted octanol–water partition coefficient (Wildman–Crippen LogP) is 3.01. The lowest BCUT2D eigenvalue weighted by Gasteiger charge is -2.19. The topological polar surface area (TPSA) is 84.3 Å². The van der Waals surface area contributed by atoms with Gasteiger partial charge in [0.2, 0.25) is 0 Å². The van der Waals surface area contributed by atoms with Gasteiger partial charge in [0.05, 0.1) is 6.33 Å². The molecule has 0 aliphatic carbocycles. The zero-order valence-corrected chi connectivity index (χ0v) is 17.4. The van der Waals surface area contributed by atoms with E-state index in [1.807, 2.05) is 0 Å². The fraction of sp³-hybridized carbons (Fsp3) is 0.200. The van der Waals surface area contributed by atoms with Crippen molar-refractivity contribution in [2.75, 3.05) is 11.9 Å². The summed E-state index contributed by atoms with van der Waals surface area (Å²) in [6.45, 7) is -0.0956. The Kier molecular flexibility index (Phi) is 5.25. The first kappa shape index (κ1) is 20.4. The summed E-state index contributed by atoms with van der Waals surface area (Å²) in [5, 5.41) is 3.36. The van der Waals surface area contributed by atoms with Crippen LogP contribution in [0.4, 0.5) is 10.1 Å². The van der Waals surface area contributed by atoms with E-state index < -0.39 is 33.7 Å². The molecule has 1 aliphatic rings. The lowest BCUT2D eigenvalue weighted by Crippen LogP contribution is -2.38. The molecule has 30 heavy (non-hydrogen) atoms. The van der Waals surface area contributed by atoms with Crippen LogP contribution in [0.1, 0.15) is 11.5 Å². The summed E-state index contributed by atoms with van der Waals surface area (Å²) in [5.74, 6) is -1.56. The first-order valence-corrected chi connectivity index (χ1v) is 10.9. The third kappa shape index (κ3) is 3.78. The fourth-order valence-electron chi connectivity index (χ4n) is 3.48. The first-order valence-electron chi connectivity index (χ1n) is 9.08. The fourth-order valence-corrected chi connectivity index (χ4v) is 5.08. The van der Waals surface area contributed by atoms with Crippen molar-refractivity contribution < 1.29 is 17.6 Å². The summed E-state index contributed by atoms with van der Waals surface area (Å²) in [6.07, 6.45) is 2.69. The van der Waals surface area contributed by atoms with Crippen LogP contribution < -0.4 is 5.32 Å². The van der Waals surface area contributed by atoms with Crippen LogP contribution in [0.5, 0.6) is 0 Å². The monoisotopic (exact) mass is 448 g/mol. The van der Waals surface area contributed by atoms with Gasteiger partial charge in [-0.15, -0.1) is 0 Å². The van der Waals surface area contributed by atoms with Crippen molar-refractivity contribution in [2.45, 2.75) is 17.0 Å². The molecular formula is C20H18ClFN4O3S. The Morgan fingerprint density at radius 2 is 1.93 bits per heavy atom. The highest BCUT2D eigenvalue weighted by molar-refractivity contribution is 7.89. The van der Waals surface area contributed by atoms with Crippen molar-refractivity contribution in [1.29, 1.82) is 0 Å². The number of rotatable bonds is 5. The third-order valence-electron chi connectivity index (χ3n) is 4.96. The average molecular weight is 449 g/mol. The van der Waals surface area contributed by atoms with Gasteiger partial charge in [0, 0.05) is 36.4 Å². The third-order valence-corrected chi connectivity index (χ3v) is 6.84. The first-order chi connectivity index (χ1) is 14.3. The molecule has 2 unspecified atom stereocenters. The van der Waals surface area contributed by atoms with Gasteiger partial charge in [-0.05, 0) is 35.9 Å². The number of nitrogens with one attached hydrogen (secondary N) is 1. The molecule has 1 N–H and O–H groups in total. The van der Waals surface area contributed by atoms with Crippen LogP contribution in [-0.4, -0.2) is 40.8 Å². The molecule has 0 radical (unpaired) electrons. The Bertz CT molecular complexity index is 1200. The Morgan fingerprint density at radius 3 is 2.57 bits per heavy atom. The van der Waals surface area contributed by atoms with Gasteiger partial charge >= 0.3 is 0 Å². The summed E-state index contributed by atoms with van der Waals surface area (Å²) in [6, 6.07) is 11.6. The predicted molar refractivity (Wildman–Crippen MR) is 110 cm³/mol.